The number of rotatable bonds is 4. The van der Waals surface area contributed by atoms with Crippen LogP contribution in [0, 0.1) is 0 Å². The molecule has 0 spiro atoms. The number of aromatic hydroxyl groups is 1. The molecule has 30 heavy (non-hydrogen) atoms. The maximum absolute atomic E-state index is 13.0. The summed E-state index contributed by atoms with van der Waals surface area (Å²) in [6, 6.07) is 7.06. The van der Waals surface area contributed by atoms with Gasteiger partial charge in [-0.1, -0.05) is 24.3 Å². The molecule has 0 saturated carbocycles. The molecule has 1 unspecified atom stereocenters. The van der Waals surface area contributed by atoms with Gasteiger partial charge in [0.15, 0.2) is 5.56 Å². The van der Waals surface area contributed by atoms with Crippen molar-refractivity contribution in [2.24, 2.45) is 0 Å². The number of amides is 1. The largest absolute Gasteiger partial charge is 0.506 e. The first-order valence-corrected chi connectivity index (χ1v) is 8.50. The van der Waals surface area contributed by atoms with Crippen molar-refractivity contribution < 1.29 is 37.4 Å². The van der Waals surface area contributed by atoms with Crippen molar-refractivity contribution in [1.29, 1.82) is 0 Å². The minimum Gasteiger partial charge on any atom is -0.506 e. The quantitative estimate of drug-likeness (QED) is 0.556. The van der Waals surface area contributed by atoms with Gasteiger partial charge in [-0.05, 0) is 30.7 Å². The van der Waals surface area contributed by atoms with Crippen LogP contribution in [-0.4, -0.2) is 28.1 Å². The summed E-state index contributed by atoms with van der Waals surface area (Å²) < 4.78 is 44.2. The lowest BCUT2D eigenvalue weighted by molar-refractivity contribution is -0.139. The van der Waals surface area contributed by atoms with Gasteiger partial charge < -0.3 is 19.9 Å². The lowest BCUT2D eigenvalue weighted by atomic mass is 9.99. The Balaban J connectivity index is 2.17. The molecule has 0 bridgehead atoms. The number of carbonyl (C=O) groups excluding carboxylic acids is 1. The van der Waals surface area contributed by atoms with E-state index in [9.17, 15) is 32.7 Å². The van der Waals surface area contributed by atoms with Crippen LogP contribution in [0.1, 0.15) is 22.8 Å². The fourth-order valence-corrected chi connectivity index (χ4v) is 2.83. The summed E-state index contributed by atoms with van der Waals surface area (Å²) in [6.45, 7) is 1.16. The number of hydrogen-bond donors (Lipinski definition) is 3. The van der Waals surface area contributed by atoms with Crippen molar-refractivity contribution in [1.82, 2.24) is 5.32 Å². The average molecular weight is 421 g/mol. The molecule has 1 atom stereocenters. The molecule has 0 radical (unpaired) electrons. The van der Waals surface area contributed by atoms with E-state index >= 15 is 0 Å². The highest BCUT2D eigenvalue weighted by Crippen LogP contribution is 2.36. The van der Waals surface area contributed by atoms with Crippen molar-refractivity contribution in [2.45, 2.75) is 19.1 Å². The van der Waals surface area contributed by atoms with Gasteiger partial charge in [-0.3, -0.25) is 9.59 Å². The van der Waals surface area contributed by atoms with E-state index in [2.05, 4.69) is 0 Å². The van der Waals surface area contributed by atoms with Crippen LogP contribution in [-0.2, 0) is 11.0 Å². The van der Waals surface area contributed by atoms with E-state index in [-0.39, 0.29) is 22.1 Å². The van der Waals surface area contributed by atoms with Crippen LogP contribution in [0.3, 0.4) is 0 Å². The normalized spacial score (nSPS) is 12.5. The molecule has 10 heteroatoms. The zero-order valence-corrected chi connectivity index (χ0v) is 15.3. The number of halogens is 3. The summed E-state index contributed by atoms with van der Waals surface area (Å²) in [4.78, 5) is 35.5. The zero-order valence-electron chi connectivity index (χ0n) is 15.3. The Morgan fingerprint density at radius 2 is 1.80 bits per heavy atom. The van der Waals surface area contributed by atoms with E-state index in [1.807, 2.05) is 5.32 Å². The molecule has 3 rings (SSSR count). The highest BCUT2D eigenvalue weighted by Gasteiger charge is 2.31. The molecule has 0 aliphatic carbocycles. The Labute approximate surface area is 166 Å². The maximum Gasteiger partial charge on any atom is 0.416 e. The molecule has 7 nitrogen and oxygen atoms in total. The number of para-hydroxylation sites is 1. The second kappa shape index (κ2) is 7.54. The third-order valence-corrected chi connectivity index (χ3v) is 4.35. The van der Waals surface area contributed by atoms with Crippen molar-refractivity contribution in [2.75, 3.05) is 0 Å². The Hall–Kier alpha value is -3.82. The van der Waals surface area contributed by atoms with Crippen molar-refractivity contribution in [3.63, 3.8) is 0 Å². The molecule has 0 fully saturated rings. The second-order valence-electron chi connectivity index (χ2n) is 6.41. The van der Waals surface area contributed by atoms with E-state index < -0.39 is 46.6 Å². The van der Waals surface area contributed by atoms with Gasteiger partial charge >= 0.3 is 17.8 Å². The topological polar surface area (TPSA) is 117 Å². The van der Waals surface area contributed by atoms with E-state index in [1.54, 1.807) is 0 Å². The van der Waals surface area contributed by atoms with Crippen LogP contribution in [0.2, 0.25) is 0 Å². The minimum atomic E-state index is -4.59. The van der Waals surface area contributed by atoms with Gasteiger partial charge in [0.05, 0.1) is 10.9 Å². The molecule has 3 aromatic rings. The number of aliphatic carboxylic acids is 1. The van der Waals surface area contributed by atoms with E-state index in [0.717, 1.165) is 19.1 Å². The van der Waals surface area contributed by atoms with Crippen LogP contribution in [0.4, 0.5) is 13.2 Å². The Bertz CT molecular complexity index is 1220. The van der Waals surface area contributed by atoms with Gasteiger partial charge in [0, 0.05) is 5.56 Å². The van der Waals surface area contributed by atoms with Gasteiger partial charge in [-0.2, -0.15) is 13.2 Å². The van der Waals surface area contributed by atoms with Crippen LogP contribution in [0.5, 0.6) is 5.75 Å². The third-order valence-electron chi connectivity index (χ3n) is 4.35. The van der Waals surface area contributed by atoms with Gasteiger partial charge in [-0.25, -0.2) is 4.79 Å². The fraction of sp³-hybridized carbons (Fsp3) is 0.150. The molecule has 3 N–H and O–H groups in total. The Morgan fingerprint density at radius 3 is 2.43 bits per heavy atom. The SMILES string of the molecule is CC(NC(=O)c1c(O)c2cccc(-c3cccc(C(F)(F)F)c3)c2oc1=O)C(=O)O. The Kier molecular flexibility index (Phi) is 5.26. The maximum atomic E-state index is 13.0. The molecule has 156 valence electrons. The predicted octanol–water partition coefficient (Wildman–Crippen LogP) is 3.39. The number of alkyl halides is 3. The van der Waals surface area contributed by atoms with Gasteiger partial charge in [0.1, 0.15) is 17.4 Å². The van der Waals surface area contributed by atoms with Crippen LogP contribution >= 0.6 is 0 Å². The van der Waals surface area contributed by atoms with E-state index in [1.165, 1.54) is 30.3 Å². The van der Waals surface area contributed by atoms with Crippen molar-refractivity contribution in [3.05, 3.63) is 64.0 Å². The van der Waals surface area contributed by atoms with Gasteiger partial charge in [0.25, 0.3) is 5.91 Å². The fourth-order valence-electron chi connectivity index (χ4n) is 2.83. The molecule has 0 saturated heterocycles. The highest BCUT2D eigenvalue weighted by molar-refractivity contribution is 6.05. The molecule has 0 aliphatic heterocycles. The summed E-state index contributed by atoms with van der Waals surface area (Å²) in [6.07, 6.45) is -4.59. The first kappa shape index (κ1) is 20.9. The summed E-state index contributed by atoms with van der Waals surface area (Å²) in [5.74, 6) is -3.30. The summed E-state index contributed by atoms with van der Waals surface area (Å²) >= 11 is 0. The number of fused-ring (bicyclic) bond motifs is 1. The van der Waals surface area contributed by atoms with E-state index in [4.69, 9.17) is 9.52 Å². The first-order valence-electron chi connectivity index (χ1n) is 8.50. The predicted molar refractivity (Wildman–Crippen MR) is 99.2 cm³/mol. The molecule has 1 amide bonds. The molecular formula is C20H14F3NO6. The van der Waals surface area contributed by atoms with Crippen molar-refractivity contribution in [3.8, 4) is 16.9 Å². The number of nitrogens with one attached hydrogen (secondary N) is 1. The monoisotopic (exact) mass is 421 g/mol. The lowest BCUT2D eigenvalue weighted by Crippen LogP contribution is -2.40. The number of benzene rings is 2. The van der Waals surface area contributed by atoms with Crippen LogP contribution < -0.4 is 10.9 Å². The van der Waals surface area contributed by atoms with Gasteiger partial charge in [0.2, 0.25) is 0 Å². The number of carboxylic acids is 1. The average Bonchev–Trinajstić information content (AvgIpc) is 2.67. The minimum absolute atomic E-state index is 0.0784. The molecule has 0 aliphatic rings. The molecule has 1 heterocycles. The smallest absolute Gasteiger partial charge is 0.416 e. The summed E-state index contributed by atoms with van der Waals surface area (Å²) in [7, 11) is 0. The van der Waals surface area contributed by atoms with Crippen molar-refractivity contribution >= 4 is 22.8 Å². The zero-order chi connectivity index (χ0) is 22.2. The summed E-state index contributed by atoms with van der Waals surface area (Å²) in [5.41, 5.74) is -3.04. The molecule has 2 aromatic carbocycles. The first-order chi connectivity index (χ1) is 14.0. The summed E-state index contributed by atoms with van der Waals surface area (Å²) in [5, 5.41) is 21.3. The lowest BCUT2D eigenvalue weighted by Gasteiger charge is -2.13. The molecular weight excluding hydrogens is 407 g/mol. The Morgan fingerprint density at radius 1 is 1.13 bits per heavy atom. The molecule has 1 aromatic heterocycles. The third kappa shape index (κ3) is 3.84. The highest BCUT2D eigenvalue weighted by atomic mass is 19.4. The number of hydrogen-bond acceptors (Lipinski definition) is 5. The second-order valence-corrected chi connectivity index (χ2v) is 6.41. The van der Waals surface area contributed by atoms with Crippen LogP contribution in [0.15, 0.2) is 51.7 Å². The van der Waals surface area contributed by atoms with E-state index in [0.29, 0.717) is 0 Å². The van der Waals surface area contributed by atoms with Gasteiger partial charge in [-0.15, -0.1) is 0 Å². The number of carboxylic acid groups (broad SMARTS) is 1. The van der Waals surface area contributed by atoms with Crippen LogP contribution in [0.25, 0.3) is 22.1 Å². The standard InChI is InChI=1S/C20H14F3NO6/c1-9(18(27)28)24-17(26)14-15(25)13-7-3-6-12(16(13)30-19(14)29)10-4-2-5-11(8-10)20(21,22)23/h2-9,25H,1H3,(H,24,26)(H,27,28). The number of carbonyl (C=O) groups is 2.